The molecule has 2 N–H and O–H groups in total. The molecule has 1 fully saturated rings. The lowest BCUT2D eigenvalue weighted by molar-refractivity contribution is 0.0892. The molecule has 2 unspecified atom stereocenters. The van der Waals surface area contributed by atoms with Crippen molar-refractivity contribution in [2.45, 2.75) is 52.0 Å². The van der Waals surface area contributed by atoms with E-state index in [1.54, 1.807) is 0 Å². The zero-order valence-corrected chi connectivity index (χ0v) is 8.21. The summed E-state index contributed by atoms with van der Waals surface area (Å²) >= 11 is 0. The van der Waals surface area contributed by atoms with Crippen LogP contribution in [0.15, 0.2) is 0 Å². The molecule has 0 aromatic heterocycles. The molecule has 2 heteroatoms. The van der Waals surface area contributed by atoms with Crippen molar-refractivity contribution in [1.29, 1.82) is 0 Å². The van der Waals surface area contributed by atoms with E-state index in [2.05, 4.69) is 19.3 Å². The molecule has 0 saturated heterocycles. The maximum Gasteiger partial charge on any atom is 0.0322 e. The molecule has 0 radical (unpaired) electrons. The Morgan fingerprint density at radius 1 is 1.42 bits per heavy atom. The van der Waals surface area contributed by atoms with E-state index in [4.69, 9.17) is 5.21 Å². The highest BCUT2D eigenvalue weighted by molar-refractivity contribution is 4.76. The second-order valence-corrected chi connectivity index (χ2v) is 4.49. The van der Waals surface area contributed by atoms with Crippen LogP contribution in [0.3, 0.4) is 0 Å². The predicted molar refractivity (Wildman–Crippen MR) is 50.1 cm³/mol. The van der Waals surface area contributed by atoms with E-state index in [1.807, 2.05) is 0 Å². The third kappa shape index (κ3) is 3.11. The highest BCUT2D eigenvalue weighted by atomic mass is 16.5. The van der Waals surface area contributed by atoms with Gasteiger partial charge >= 0.3 is 0 Å². The maximum atomic E-state index is 8.79. The Morgan fingerprint density at radius 2 is 2.17 bits per heavy atom. The minimum atomic E-state index is 0.363. The summed E-state index contributed by atoms with van der Waals surface area (Å²) in [4.78, 5) is 0. The van der Waals surface area contributed by atoms with Gasteiger partial charge in [-0.3, -0.25) is 0 Å². The Kier molecular flexibility index (Phi) is 4.02. The zero-order valence-electron chi connectivity index (χ0n) is 8.21. The summed E-state index contributed by atoms with van der Waals surface area (Å²) in [5, 5.41) is 8.79. The molecular weight excluding hydrogens is 150 g/mol. The molecule has 1 aliphatic carbocycles. The molecule has 1 saturated carbocycles. The number of rotatable bonds is 3. The van der Waals surface area contributed by atoms with Gasteiger partial charge in [0.25, 0.3) is 0 Å². The van der Waals surface area contributed by atoms with Crippen LogP contribution < -0.4 is 5.48 Å². The molecule has 0 heterocycles. The van der Waals surface area contributed by atoms with E-state index in [0.29, 0.717) is 6.04 Å². The summed E-state index contributed by atoms with van der Waals surface area (Å²) in [6, 6.07) is 0.363. The molecule has 0 amide bonds. The number of hydrogen-bond acceptors (Lipinski definition) is 2. The molecule has 1 aliphatic rings. The largest absolute Gasteiger partial charge is 0.317 e. The van der Waals surface area contributed by atoms with Crippen LogP contribution in [0.2, 0.25) is 0 Å². The summed E-state index contributed by atoms with van der Waals surface area (Å²) < 4.78 is 0. The average Bonchev–Trinajstić information content (AvgIpc) is 2.03. The van der Waals surface area contributed by atoms with Crippen molar-refractivity contribution >= 4 is 0 Å². The first-order chi connectivity index (χ1) is 5.72. The van der Waals surface area contributed by atoms with Crippen LogP contribution in [-0.2, 0) is 0 Å². The summed E-state index contributed by atoms with van der Waals surface area (Å²) in [6.07, 6.45) is 6.25. The summed E-state index contributed by atoms with van der Waals surface area (Å²) in [7, 11) is 0. The van der Waals surface area contributed by atoms with Crippen LogP contribution in [0.1, 0.15) is 46.0 Å². The fourth-order valence-electron chi connectivity index (χ4n) is 2.29. The lowest BCUT2D eigenvalue weighted by atomic mass is 9.81. The molecule has 1 rings (SSSR count). The van der Waals surface area contributed by atoms with Crippen molar-refractivity contribution in [1.82, 2.24) is 5.48 Å². The van der Waals surface area contributed by atoms with E-state index in [1.165, 1.54) is 19.3 Å². The minimum absolute atomic E-state index is 0.363. The number of nitrogens with one attached hydrogen (secondary N) is 1. The summed E-state index contributed by atoms with van der Waals surface area (Å²) in [6.45, 7) is 4.55. The molecule has 0 aliphatic heterocycles. The smallest absolute Gasteiger partial charge is 0.0322 e. The molecule has 12 heavy (non-hydrogen) atoms. The average molecular weight is 171 g/mol. The molecule has 2 nitrogen and oxygen atoms in total. The highest BCUT2D eigenvalue weighted by Crippen LogP contribution is 2.28. The first-order valence-electron chi connectivity index (χ1n) is 5.12. The third-order valence-electron chi connectivity index (χ3n) is 2.77. The highest BCUT2D eigenvalue weighted by Gasteiger charge is 2.21. The fraction of sp³-hybridized carbons (Fsp3) is 1.00. The summed E-state index contributed by atoms with van der Waals surface area (Å²) in [5.74, 6) is 1.64. The van der Waals surface area contributed by atoms with Gasteiger partial charge in [0.2, 0.25) is 0 Å². The second kappa shape index (κ2) is 4.83. The summed E-state index contributed by atoms with van der Waals surface area (Å²) in [5.41, 5.74) is 2.41. The van der Waals surface area contributed by atoms with Gasteiger partial charge in [0, 0.05) is 6.04 Å². The first kappa shape index (κ1) is 10.0. The van der Waals surface area contributed by atoms with E-state index in [9.17, 15) is 0 Å². The van der Waals surface area contributed by atoms with Crippen LogP contribution in [-0.4, -0.2) is 11.2 Å². The zero-order chi connectivity index (χ0) is 8.97. The number of hydrogen-bond donors (Lipinski definition) is 2. The standard InChI is InChI=1S/C10H21NO/c1-8(2)6-9-4-3-5-10(7-9)11-12/h8-12H,3-7H2,1-2H3. The van der Waals surface area contributed by atoms with Crippen LogP contribution in [0, 0.1) is 11.8 Å². The molecule has 0 aromatic carbocycles. The van der Waals surface area contributed by atoms with Crippen LogP contribution in [0.25, 0.3) is 0 Å². The van der Waals surface area contributed by atoms with Gasteiger partial charge in [0.15, 0.2) is 0 Å². The van der Waals surface area contributed by atoms with E-state index in [-0.39, 0.29) is 0 Å². The monoisotopic (exact) mass is 171 g/mol. The van der Waals surface area contributed by atoms with Crippen molar-refractivity contribution in [2.75, 3.05) is 0 Å². The van der Waals surface area contributed by atoms with E-state index in [0.717, 1.165) is 24.7 Å². The first-order valence-corrected chi connectivity index (χ1v) is 5.12. The maximum absolute atomic E-state index is 8.79. The Bertz CT molecular complexity index is 125. The second-order valence-electron chi connectivity index (χ2n) is 4.49. The molecule has 2 atom stereocenters. The third-order valence-corrected chi connectivity index (χ3v) is 2.77. The van der Waals surface area contributed by atoms with Gasteiger partial charge in [-0.05, 0) is 31.1 Å². The van der Waals surface area contributed by atoms with Crippen LogP contribution in [0.4, 0.5) is 0 Å². The van der Waals surface area contributed by atoms with Crippen molar-refractivity contribution in [3.63, 3.8) is 0 Å². The van der Waals surface area contributed by atoms with E-state index >= 15 is 0 Å². The minimum Gasteiger partial charge on any atom is -0.317 e. The molecule has 0 bridgehead atoms. The Morgan fingerprint density at radius 3 is 2.75 bits per heavy atom. The van der Waals surface area contributed by atoms with Gasteiger partial charge in [0.05, 0.1) is 0 Å². The van der Waals surface area contributed by atoms with Gasteiger partial charge in [-0.2, -0.15) is 0 Å². The molecule has 72 valence electrons. The van der Waals surface area contributed by atoms with E-state index < -0.39 is 0 Å². The lowest BCUT2D eigenvalue weighted by Gasteiger charge is -2.29. The van der Waals surface area contributed by atoms with Gasteiger partial charge in [-0.25, -0.2) is 5.48 Å². The van der Waals surface area contributed by atoms with Crippen molar-refractivity contribution in [2.24, 2.45) is 11.8 Å². The van der Waals surface area contributed by atoms with Gasteiger partial charge in [-0.15, -0.1) is 0 Å². The van der Waals surface area contributed by atoms with Gasteiger partial charge in [-0.1, -0.05) is 26.7 Å². The SMILES string of the molecule is CC(C)CC1CCCC(NO)C1. The predicted octanol–water partition coefficient (Wildman–Crippen LogP) is 2.57. The van der Waals surface area contributed by atoms with Crippen LogP contribution >= 0.6 is 0 Å². The molecule has 0 spiro atoms. The Balaban J connectivity index is 2.25. The normalized spacial score (nSPS) is 31.0. The van der Waals surface area contributed by atoms with Gasteiger partial charge in [0.1, 0.15) is 0 Å². The lowest BCUT2D eigenvalue weighted by Crippen LogP contribution is -2.32. The molecular formula is C10H21NO. The van der Waals surface area contributed by atoms with Crippen molar-refractivity contribution < 1.29 is 5.21 Å². The van der Waals surface area contributed by atoms with Crippen LogP contribution in [0.5, 0.6) is 0 Å². The molecule has 0 aromatic rings. The Labute approximate surface area is 75.3 Å². The Hall–Kier alpha value is -0.0800. The fourth-order valence-corrected chi connectivity index (χ4v) is 2.29. The topological polar surface area (TPSA) is 32.3 Å². The van der Waals surface area contributed by atoms with Gasteiger partial charge < -0.3 is 5.21 Å². The number of hydroxylamine groups is 1. The van der Waals surface area contributed by atoms with Crippen molar-refractivity contribution in [3.8, 4) is 0 Å². The quantitative estimate of drug-likeness (QED) is 0.640. The van der Waals surface area contributed by atoms with Crippen molar-refractivity contribution in [3.05, 3.63) is 0 Å².